The number of rotatable bonds is 5. The van der Waals surface area contributed by atoms with Gasteiger partial charge in [0.25, 0.3) is 5.91 Å². The number of benzene rings is 2. The SMILES string of the molecule is O=C(Nc1cccc(OC(F)F)c1)c1ccc(-c2nc3ccccc3s2)o1. The maximum atomic E-state index is 12.4. The van der Waals surface area contributed by atoms with Crippen LogP contribution in [-0.4, -0.2) is 17.5 Å². The molecule has 2 aromatic carbocycles. The van der Waals surface area contributed by atoms with Gasteiger partial charge in [-0.1, -0.05) is 18.2 Å². The summed E-state index contributed by atoms with van der Waals surface area (Å²) in [6.07, 6.45) is 0. The lowest BCUT2D eigenvalue weighted by atomic mass is 10.3. The second-order valence-electron chi connectivity index (χ2n) is 5.51. The molecule has 27 heavy (non-hydrogen) atoms. The topological polar surface area (TPSA) is 64.4 Å². The number of alkyl halides is 2. The van der Waals surface area contributed by atoms with Gasteiger partial charge in [-0.3, -0.25) is 4.79 Å². The van der Waals surface area contributed by atoms with Gasteiger partial charge < -0.3 is 14.5 Å². The Hall–Kier alpha value is -3.26. The molecule has 4 rings (SSSR count). The van der Waals surface area contributed by atoms with Gasteiger partial charge in [0.05, 0.1) is 10.2 Å². The van der Waals surface area contributed by atoms with Gasteiger partial charge in [0.2, 0.25) is 0 Å². The fourth-order valence-electron chi connectivity index (χ4n) is 2.50. The molecule has 2 heterocycles. The van der Waals surface area contributed by atoms with E-state index in [-0.39, 0.29) is 11.5 Å². The van der Waals surface area contributed by atoms with Crippen molar-refractivity contribution in [1.82, 2.24) is 4.98 Å². The van der Waals surface area contributed by atoms with Crippen LogP contribution in [-0.2, 0) is 0 Å². The summed E-state index contributed by atoms with van der Waals surface area (Å²) in [6, 6.07) is 16.6. The number of nitrogens with zero attached hydrogens (tertiary/aromatic N) is 1. The van der Waals surface area contributed by atoms with Crippen LogP contribution in [0.5, 0.6) is 5.75 Å². The molecule has 4 aromatic rings. The predicted octanol–water partition coefficient (Wildman–Crippen LogP) is 5.41. The summed E-state index contributed by atoms with van der Waals surface area (Å²) in [4.78, 5) is 16.8. The maximum Gasteiger partial charge on any atom is 0.387 e. The smallest absolute Gasteiger partial charge is 0.387 e. The standard InChI is InChI=1S/C19H12F2N2O3S/c20-19(21)25-12-5-3-4-11(10-12)22-17(24)14-8-9-15(26-14)18-23-13-6-1-2-7-16(13)27-18/h1-10,19H,(H,22,24). The summed E-state index contributed by atoms with van der Waals surface area (Å²) in [5.74, 6) is 0.0227. The molecule has 8 heteroatoms. The number of fused-ring (bicyclic) bond motifs is 1. The fraction of sp³-hybridized carbons (Fsp3) is 0.0526. The number of halogens is 2. The van der Waals surface area contributed by atoms with Crippen LogP contribution in [0.25, 0.3) is 21.0 Å². The molecule has 0 fully saturated rings. The van der Waals surface area contributed by atoms with Gasteiger partial charge in [0, 0.05) is 11.8 Å². The van der Waals surface area contributed by atoms with E-state index in [4.69, 9.17) is 4.42 Å². The van der Waals surface area contributed by atoms with E-state index in [9.17, 15) is 13.6 Å². The number of amides is 1. The molecule has 0 aliphatic rings. The molecule has 0 radical (unpaired) electrons. The van der Waals surface area contributed by atoms with Crippen molar-refractivity contribution >= 4 is 33.1 Å². The lowest BCUT2D eigenvalue weighted by Crippen LogP contribution is -2.11. The molecule has 136 valence electrons. The van der Waals surface area contributed by atoms with Crippen LogP contribution < -0.4 is 10.1 Å². The van der Waals surface area contributed by atoms with Crippen molar-refractivity contribution in [2.24, 2.45) is 0 Å². The molecule has 5 nitrogen and oxygen atoms in total. The van der Waals surface area contributed by atoms with Crippen molar-refractivity contribution < 1.29 is 22.7 Å². The molecule has 2 aromatic heterocycles. The number of hydrogen-bond acceptors (Lipinski definition) is 5. The summed E-state index contributed by atoms with van der Waals surface area (Å²) in [7, 11) is 0. The Bertz CT molecular complexity index is 1070. The Kier molecular flexibility index (Phi) is 4.55. The summed E-state index contributed by atoms with van der Waals surface area (Å²) in [5, 5.41) is 3.26. The van der Waals surface area contributed by atoms with Gasteiger partial charge in [0.1, 0.15) is 5.75 Å². The lowest BCUT2D eigenvalue weighted by molar-refractivity contribution is -0.0497. The van der Waals surface area contributed by atoms with Crippen LogP contribution in [0.1, 0.15) is 10.6 Å². The van der Waals surface area contributed by atoms with Crippen molar-refractivity contribution in [3.05, 3.63) is 66.4 Å². The second-order valence-corrected chi connectivity index (χ2v) is 6.54. The third kappa shape index (κ3) is 3.80. The zero-order chi connectivity index (χ0) is 18.8. The Morgan fingerprint density at radius 3 is 2.78 bits per heavy atom. The van der Waals surface area contributed by atoms with Crippen LogP contribution in [0.15, 0.2) is 65.1 Å². The number of aromatic nitrogens is 1. The van der Waals surface area contributed by atoms with E-state index in [1.54, 1.807) is 12.1 Å². The minimum atomic E-state index is -2.93. The van der Waals surface area contributed by atoms with Crippen LogP contribution in [0.4, 0.5) is 14.5 Å². The first-order valence-corrected chi connectivity index (χ1v) is 8.72. The number of furan rings is 1. The molecule has 0 atom stereocenters. The first-order chi connectivity index (χ1) is 13.1. The monoisotopic (exact) mass is 386 g/mol. The maximum absolute atomic E-state index is 12.4. The van der Waals surface area contributed by atoms with Crippen LogP contribution in [0.3, 0.4) is 0 Å². The second kappa shape index (κ2) is 7.16. The molecule has 0 unspecified atom stereocenters. The molecule has 0 aliphatic carbocycles. The number of thiazole rings is 1. The number of anilines is 1. The van der Waals surface area contributed by atoms with E-state index < -0.39 is 12.5 Å². The minimum Gasteiger partial charge on any atom is -0.448 e. The molecule has 0 aliphatic heterocycles. The molecule has 1 N–H and O–H groups in total. The number of carbonyl (C=O) groups is 1. The van der Waals surface area contributed by atoms with E-state index in [2.05, 4.69) is 15.0 Å². The molecular weight excluding hydrogens is 374 g/mol. The number of ether oxygens (including phenoxy) is 1. The fourth-order valence-corrected chi connectivity index (χ4v) is 3.42. The van der Waals surface area contributed by atoms with E-state index in [0.717, 1.165) is 10.2 Å². The Morgan fingerprint density at radius 2 is 1.96 bits per heavy atom. The highest BCUT2D eigenvalue weighted by atomic mass is 32.1. The average Bonchev–Trinajstić information content (AvgIpc) is 3.28. The highest BCUT2D eigenvalue weighted by Crippen LogP contribution is 2.31. The first-order valence-electron chi connectivity index (χ1n) is 7.90. The van der Waals surface area contributed by atoms with E-state index in [1.165, 1.54) is 35.6 Å². The molecule has 1 amide bonds. The number of hydrogen-bond donors (Lipinski definition) is 1. The van der Waals surface area contributed by atoms with E-state index in [1.807, 2.05) is 24.3 Å². The lowest BCUT2D eigenvalue weighted by Gasteiger charge is -2.07. The Morgan fingerprint density at radius 1 is 1.11 bits per heavy atom. The van der Waals surface area contributed by atoms with Crippen molar-refractivity contribution in [2.45, 2.75) is 6.61 Å². The van der Waals surface area contributed by atoms with Gasteiger partial charge in [-0.2, -0.15) is 8.78 Å². The summed E-state index contributed by atoms with van der Waals surface area (Å²) >= 11 is 1.46. The largest absolute Gasteiger partial charge is 0.448 e. The van der Waals surface area contributed by atoms with Crippen molar-refractivity contribution in [2.75, 3.05) is 5.32 Å². The first kappa shape index (κ1) is 17.2. The third-order valence-corrected chi connectivity index (χ3v) is 4.70. The minimum absolute atomic E-state index is 0.0441. The molecule has 0 bridgehead atoms. The van der Waals surface area contributed by atoms with Gasteiger partial charge in [-0.05, 0) is 36.4 Å². The number of nitrogens with one attached hydrogen (secondary N) is 1. The quantitative estimate of drug-likeness (QED) is 0.498. The summed E-state index contributed by atoms with van der Waals surface area (Å²) in [5.41, 5.74) is 1.17. The van der Waals surface area contributed by atoms with Crippen molar-refractivity contribution in [3.63, 3.8) is 0 Å². The van der Waals surface area contributed by atoms with Gasteiger partial charge >= 0.3 is 6.61 Å². The number of carbonyl (C=O) groups excluding carboxylic acids is 1. The van der Waals surface area contributed by atoms with Crippen LogP contribution in [0.2, 0.25) is 0 Å². The normalized spacial score (nSPS) is 11.1. The van der Waals surface area contributed by atoms with Crippen molar-refractivity contribution in [3.8, 4) is 16.5 Å². The average molecular weight is 386 g/mol. The summed E-state index contributed by atoms with van der Waals surface area (Å²) in [6.45, 7) is -2.93. The molecule has 0 saturated carbocycles. The third-order valence-electron chi connectivity index (χ3n) is 3.65. The van der Waals surface area contributed by atoms with E-state index in [0.29, 0.717) is 16.5 Å². The van der Waals surface area contributed by atoms with Gasteiger partial charge in [-0.15, -0.1) is 11.3 Å². The van der Waals surface area contributed by atoms with Crippen molar-refractivity contribution in [1.29, 1.82) is 0 Å². The molecular formula is C19H12F2N2O3S. The zero-order valence-corrected chi connectivity index (χ0v) is 14.5. The Balaban J connectivity index is 1.52. The number of para-hydroxylation sites is 1. The zero-order valence-electron chi connectivity index (χ0n) is 13.7. The highest BCUT2D eigenvalue weighted by Gasteiger charge is 2.15. The molecule has 0 spiro atoms. The van der Waals surface area contributed by atoms with E-state index >= 15 is 0 Å². The summed E-state index contributed by atoms with van der Waals surface area (Å²) < 4.78 is 35.5. The Labute approximate surface area is 156 Å². The van der Waals surface area contributed by atoms with Crippen LogP contribution in [0, 0.1) is 0 Å². The van der Waals surface area contributed by atoms with Gasteiger partial charge in [-0.25, -0.2) is 4.98 Å². The van der Waals surface area contributed by atoms with Gasteiger partial charge in [0.15, 0.2) is 16.5 Å². The molecule has 0 saturated heterocycles. The van der Waals surface area contributed by atoms with Crippen LogP contribution >= 0.6 is 11.3 Å². The predicted molar refractivity (Wildman–Crippen MR) is 98.3 cm³/mol. The highest BCUT2D eigenvalue weighted by molar-refractivity contribution is 7.21.